The van der Waals surface area contributed by atoms with Crippen LogP contribution in [0.2, 0.25) is 0 Å². The summed E-state index contributed by atoms with van der Waals surface area (Å²) in [5.41, 5.74) is 2.19. The number of halogens is 2. The van der Waals surface area contributed by atoms with E-state index in [2.05, 4.69) is 15.9 Å². The Hall–Kier alpha value is -2.27. The zero-order valence-corrected chi connectivity index (χ0v) is 12.8. The van der Waals surface area contributed by atoms with Gasteiger partial charge in [-0.05, 0) is 42.0 Å². The number of hydrogen-bond acceptors (Lipinski definition) is 3. The van der Waals surface area contributed by atoms with E-state index in [1.807, 2.05) is 6.07 Å². The van der Waals surface area contributed by atoms with Gasteiger partial charge in [0.1, 0.15) is 18.1 Å². The Kier molecular flexibility index (Phi) is 2.81. The van der Waals surface area contributed by atoms with Gasteiger partial charge >= 0.3 is 0 Å². The maximum Gasteiger partial charge on any atom is 0.165 e. The summed E-state index contributed by atoms with van der Waals surface area (Å²) in [6, 6.07) is 9.57. The van der Waals surface area contributed by atoms with Crippen LogP contribution in [-0.2, 0) is 6.61 Å². The van der Waals surface area contributed by atoms with Crippen molar-refractivity contribution in [1.82, 2.24) is 0 Å². The smallest absolute Gasteiger partial charge is 0.165 e. The molecular weight excluding hydrogens is 351 g/mol. The molecule has 1 aliphatic heterocycles. The van der Waals surface area contributed by atoms with Gasteiger partial charge in [-0.3, -0.25) is 0 Å². The Morgan fingerprint density at radius 3 is 2.64 bits per heavy atom. The Morgan fingerprint density at radius 1 is 1.00 bits per heavy atom. The van der Waals surface area contributed by atoms with Gasteiger partial charge in [0.15, 0.2) is 11.6 Å². The van der Waals surface area contributed by atoms with Crippen molar-refractivity contribution in [2.45, 2.75) is 6.61 Å². The van der Waals surface area contributed by atoms with Gasteiger partial charge in [0, 0.05) is 26.4 Å². The summed E-state index contributed by atoms with van der Waals surface area (Å²) < 4.78 is 20.3. The first-order valence-corrected chi connectivity index (χ1v) is 7.43. The normalized spacial score (nSPS) is 12.6. The predicted octanol–water partition coefficient (Wildman–Crippen LogP) is 4.71. The number of fused-ring (bicyclic) bond motifs is 5. The zero-order valence-electron chi connectivity index (χ0n) is 11.2. The van der Waals surface area contributed by atoms with Gasteiger partial charge in [-0.2, -0.15) is 0 Å². The first kappa shape index (κ1) is 13.4. The van der Waals surface area contributed by atoms with Crippen molar-refractivity contribution in [2.75, 3.05) is 0 Å². The summed E-state index contributed by atoms with van der Waals surface area (Å²) in [6.45, 7) is 0.258. The van der Waals surface area contributed by atoms with E-state index in [9.17, 15) is 14.6 Å². The fourth-order valence-electron chi connectivity index (χ4n) is 2.82. The van der Waals surface area contributed by atoms with Gasteiger partial charge in [0.2, 0.25) is 0 Å². The lowest BCUT2D eigenvalue weighted by Gasteiger charge is -2.23. The topological polar surface area (TPSA) is 49.7 Å². The highest BCUT2D eigenvalue weighted by Gasteiger charge is 2.23. The van der Waals surface area contributed by atoms with Gasteiger partial charge < -0.3 is 14.9 Å². The molecule has 0 atom stereocenters. The number of ether oxygens (including phenoxy) is 1. The Labute approximate surface area is 133 Å². The second-order valence-electron chi connectivity index (χ2n) is 5.21. The molecule has 3 aromatic rings. The minimum Gasteiger partial charge on any atom is -0.508 e. The van der Waals surface area contributed by atoms with Crippen molar-refractivity contribution >= 4 is 26.7 Å². The van der Waals surface area contributed by atoms with Crippen LogP contribution >= 0.6 is 15.9 Å². The van der Waals surface area contributed by atoms with Crippen molar-refractivity contribution in [2.24, 2.45) is 0 Å². The van der Waals surface area contributed by atoms with Crippen LogP contribution in [0.3, 0.4) is 0 Å². The number of rotatable bonds is 0. The van der Waals surface area contributed by atoms with E-state index in [0.717, 1.165) is 26.4 Å². The molecule has 22 heavy (non-hydrogen) atoms. The Bertz CT molecular complexity index is 937. The predicted molar refractivity (Wildman–Crippen MR) is 84.7 cm³/mol. The zero-order chi connectivity index (χ0) is 15.4. The van der Waals surface area contributed by atoms with Crippen LogP contribution in [-0.4, -0.2) is 10.2 Å². The molecule has 5 heteroatoms. The van der Waals surface area contributed by atoms with E-state index in [4.69, 9.17) is 4.74 Å². The number of phenols is 2. The third-order valence-corrected chi connectivity index (χ3v) is 4.51. The molecule has 3 nitrogen and oxygen atoms in total. The molecule has 0 saturated carbocycles. The van der Waals surface area contributed by atoms with E-state index in [1.54, 1.807) is 18.2 Å². The average molecular weight is 361 g/mol. The van der Waals surface area contributed by atoms with Crippen LogP contribution in [0.1, 0.15) is 5.56 Å². The lowest BCUT2D eigenvalue weighted by Crippen LogP contribution is -2.06. The quantitative estimate of drug-likeness (QED) is 0.610. The van der Waals surface area contributed by atoms with E-state index in [-0.39, 0.29) is 18.1 Å². The van der Waals surface area contributed by atoms with Crippen LogP contribution < -0.4 is 4.74 Å². The third kappa shape index (κ3) is 1.85. The van der Waals surface area contributed by atoms with Gasteiger partial charge in [-0.1, -0.05) is 15.9 Å². The molecule has 0 saturated heterocycles. The molecular formula is C17H10BrFO3. The summed E-state index contributed by atoms with van der Waals surface area (Å²) in [5, 5.41) is 20.8. The van der Waals surface area contributed by atoms with Crippen LogP contribution in [0.15, 0.2) is 40.9 Å². The molecule has 3 aromatic carbocycles. The second-order valence-corrected chi connectivity index (χ2v) is 6.07. The molecule has 0 fully saturated rings. The summed E-state index contributed by atoms with van der Waals surface area (Å²) in [7, 11) is 0. The molecule has 0 aromatic heterocycles. The monoisotopic (exact) mass is 360 g/mol. The van der Waals surface area contributed by atoms with Gasteiger partial charge in [-0.25, -0.2) is 4.39 Å². The summed E-state index contributed by atoms with van der Waals surface area (Å²) >= 11 is 3.49. The van der Waals surface area contributed by atoms with Crippen molar-refractivity contribution in [3.8, 4) is 28.4 Å². The van der Waals surface area contributed by atoms with E-state index in [1.165, 1.54) is 12.1 Å². The van der Waals surface area contributed by atoms with E-state index < -0.39 is 5.82 Å². The molecule has 110 valence electrons. The van der Waals surface area contributed by atoms with E-state index >= 15 is 0 Å². The lowest BCUT2D eigenvalue weighted by molar-refractivity contribution is 0.304. The molecule has 0 aliphatic carbocycles. The average Bonchev–Trinajstić information content (AvgIpc) is 2.49. The number of phenolic OH excluding ortho intramolecular Hbond substituents is 2. The highest BCUT2D eigenvalue weighted by molar-refractivity contribution is 9.10. The highest BCUT2D eigenvalue weighted by Crippen LogP contribution is 2.46. The van der Waals surface area contributed by atoms with Crippen molar-refractivity contribution in [3.05, 3.63) is 52.3 Å². The fourth-order valence-corrected chi connectivity index (χ4v) is 3.38. The van der Waals surface area contributed by atoms with Crippen LogP contribution in [0, 0.1) is 5.82 Å². The summed E-state index contributed by atoms with van der Waals surface area (Å²) in [5.74, 6) is -0.222. The fraction of sp³-hybridized carbons (Fsp3) is 0.0588. The van der Waals surface area contributed by atoms with Gasteiger partial charge in [-0.15, -0.1) is 0 Å². The lowest BCUT2D eigenvalue weighted by atomic mass is 9.93. The van der Waals surface area contributed by atoms with Crippen LogP contribution in [0.4, 0.5) is 4.39 Å². The second kappa shape index (κ2) is 4.61. The van der Waals surface area contributed by atoms with Crippen LogP contribution in [0.25, 0.3) is 21.9 Å². The van der Waals surface area contributed by atoms with Gasteiger partial charge in [0.05, 0.1) is 0 Å². The van der Waals surface area contributed by atoms with Crippen molar-refractivity contribution < 1.29 is 19.3 Å². The maximum absolute atomic E-state index is 13.7. The third-order valence-electron chi connectivity index (χ3n) is 3.86. The minimum absolute atomic E-state index is 0.167. The molecule has 0 radical (unpaired) electrons. The first-order valence-electron chi connectivity index (χ1n) is 6.64. The first-order chi connectivity index (χ1) is 10.5. The Balaban J connectivity index is 2.08. The summed E-state index contributed by atoms with van der Waals surface area (Å²) in [4.78, 5) is 0. The van der Waals surface area contributed by atoms with Crippen LogP contribution in [0.5, 0.6) is 17.2 Å². The molecule has 4 rings (SSSR count). The molecule has 1 aliphatic rings. The van der Waals surface area contributed by atoms with Crippen molar-refractivity contribution in [1.29, 1.82) is 0 Å². The number of hydrogen-bond donors (Lipinski definition) is 2. The molecule has 0 spiro atoms. The standard InChI is InChI=1S/C17H10BrFO3/c18-14-5-13-11-6-15(19)16(21)3-8(11)7-22-17(13)10-2-1-9(20)4-12(10)14/h1-6,20-21H,7H2. The number of aromatic hydroxyl groups is 2. The molecule has 0 bridgehead atoms. The Morgan fingerprint density at radius 2 is 1.82 bits per heavy atom. The van der Waals surface area contributed by atoms with Crippen molar-refractivity contribution in [3.63, 3.8) is 0 Å². The molecule has 1 heterocycles. The minimum atomic E-state index is -0.659. The maximum atomic E-state index is 13.7. The molecule has 0 amide bonds. The van der Waals surface area contributed by atoms with Gasteiger partial charge in [0.25, 0.3) is 0 Å². The number of benzene rings is 3. The molecule has 2 N–H and O–H groups in total. The SMILES string of the molecule is Oc1ccc2c3c(cc(Br)c2c1)-c1cc(F)c(O)cc1CO3. The van der Waals surface area contributed by atoms with E-state index in [0.29, 0.717) is 11.3 Å². The summed E-state index contributed by atoms with van der Waals surface area (Å²) in [6.07, 6.45) is 0. The highest BCUT2D eigenvalue weighted by atomic mass is 79.9. The largest absolute Gasteiger partial charge is 0.508 e. The molecule has 0 unspecified atom stereocenters.